The summed E-state index contributed by atoms with van der Waals surface area (Å²) in [5.41, 5.74) is 1.17. The van der Waals surface area contributed by atoms with Crippen molar-refractivity contribution in [2.24, 2.45) is 0 Å². The lowest BCUT2D eigenvalue weighted by Crippen LogP contribution is -2.11. The predicted octanol–water partition coefficient (Wildman–Crippen LogP) is 3.61. The van der Waals surface area contributed by atoms with E-state index in [-0.39, 0.29) is 0 Å². The first-order chi connectivity index (χ1) is 10.3. The lowest BCUT2D eigenvalue weighted by atomic mass is 10.2. The van der Waals surface area contributed by atoms with E-state index in [9.17, 15) is 0 Å². The topological polar surface area (TPSA) is 39.7 Å². The zero-order valence-electron chi connectivity index (χ0n) is 12.7. The maximum Gasteiger partial charge on any atom is 0.210 e. The van der Waals surface area contributed by atoms with Crippen LogP contribution in [0.1, 0.15) is 12.5 Å². The maximum absolute atomic E-state index is 5.97. The van der Waals surface area contributed by atoms with Gasteiger partial charge >= 0.3 is 0 Å². The van der Waals surface area contributed by atoms with Gasteiger partial charge in [0.25, 0.3) is 0 Å². The summed E-state index contributed by atoms with van der Waals surface area (Å²) in [6, 6.07) is 13.5. The molecule has 0 spiro atoms. The Morgan fingerprint density at radius 1 is 0.952 bits per heavy atom. The second-order valence-corrected chi connectivity index (χ2v) is 4.52. The highest BCUT2D eigenvalue weighted by Crippen LogP contribution is 2.39. The van der Waals surface area contributed by atoms with E-state index >= 15 is 0 Å². The number of methoxy groups -OCH3 is 2. The first kappa shape index (κ1) is 15.2. The summed E-state index contributed by atoms with van der Waals surface area (Å²) < 4.78 is 16.6. The van der Waals surface area contributed by atoms with Crippen LogP contribution in [0.5, 0.6) is 23.0 Å². The zero-order valence-corrected chi connectivity index (χ0v) is 12.7. The fourth-order valence-corrected chi connectivity index (χ4v) is 2.02. The van der Waals surface area contributed by atoms with Crippen molar-refractivity contribution in [1.29, 1.82) is 0 Å². The van der Waals surface area contributed by atoms with E-state index in [4.69, 9.17) is 14.2 Å². The minimum atomic E-state index is 0.586. The van der Waals surface area contributed by atoms with Gasteiger partial charge in [-0.15, -0.1) is 0 Å². The molecule has 0 fully saturated rings. The molecule has 1 N–H and O–H groups in total. The number of para-hydroxylation sites is 1. The minimum absolute atomic E-state index is 0.586. The van der Waals surface area contributed by atoms with Gasteiger partial charge in [-0.3, -0.25) is 0 Å². The van der Waals surface area contributed by atoms with Gasteiger partial charge in [-0.25, -0.2) is 0 Å². The average Bonchev–Trinajstić information content (AvgIpc) is 2.53. The third-order valence-electron chi connectivity index (χ3n) is 3.08. The molecule has 2 aromatic carbocycles. The summed E-state index contributed by atoms with van der Waals surface area (Å²) in [6.07, 6.45) is 0. The highest BCUT2D eigenvalue weighted by atomic mass is 16.5. The Hall–Kier alpha value is -2.20. The van der Waals surface area contributed by atoms with Crippen molar-refractivity contribution in [3.63, 3.8) is 0 Å². The number of hydrogen-bond acceptors (Lipinski definition) is 4. The normalized spacial score (nSPS) is 10.2. The van der Waals surface area contributed by atoms with Gasteiger partial charge < -0.3 is 19.5 Å². The lowest BCUT2D eigenvalue weighted by Gasteiger charge is -2.14. The highest BCUT2D eigenvalue weighted by Gasteiger charge is 2.12. The predicted molar refractivity (Wildman–Crippen MR) is 83.4 cm³/mol. The van der Waals surface area contributed by atoms with Gasteiger partial charge in [0.05, 0.1) is 14.2 Å². The van der Waals surface area contributed by atoms with E-state index in [2.05, 4.69) is 18.3 Å². The van der Waals surface area contributed by atoms with Crippen molar-refractivity contribution < 1.29 is 14.2 Å². The second kappa shape index (κ2) is 7.55. The first-order valence-corrected chi connectivity index (χ1v) is 6.97. The number of nitrogens with one attached hydrogen (secondary N) is 1. The van der Waals surface area contributed by atoms with E-state index < -0.39 is 0 Å². The largest absolute Gasteiger partial charge is 0.493 e. The monoisotopic (exact) mass is 287 g/mol. The molecular formula is C17H21NO3. The molecule has 0 unspecified atom stereocenters. The molecule has 0 heterocycles. The third-order valence-corrected chi connectivity index (χ3v) is 3.08. The summed E-state index contributed by atoms with van der Waals surface area (Å²) in [5, 5.41) is 3.30. The van der Waals surface area contributed by atoms with E-state index in [0.29, 0.717) is 17.2 Å². The molecular weight excluding hydrogens is 266 g/mol. The Morgan fingerprint density at radius 3 is 2.24 bits per heavy atom. The van der Waals surface area contributed by atoms with Crippen LogP contribution in [0.15, 0.2) is 42.5 Å². The van der Waals surface area contributed by atoms with Crippen LogP contribution in [0.2, 0.25) is 0 Å². The summed E-state index contributed by atoms with van der Waals surface area (Å²) in [5.74, 6) is 2.63. The van der Waals surface area contributed by atoms with E-state index in [1.807, 2.05) is 36.4 Å². The van der Waals surface area contributed by atoms with Gasteiger partial charge in [0.1, 0.15) is 5.75 Å². The molecule has 0 aliphatic heterocycles. The van der Waals surface area contributed by atoms with Crippen LogP contribution in [0.3, 0.4) is 0 Å². The molecule has 4 heteroatoms. The van der Waals surface area contributed by atoms with Crippen molar-refractivity contribution >= 4 is 0 Å². The zero-order chi connectivity index (χ0) is 15.1. The number of benzene rings is 2. The Bertz CT molecular complexity index is 562. The maximum atomic E-state index is 5.97. The van der Waals surface area contributed by atoms with Crippen molar-refractivity contribution in [2.45, 2.75) is 13.5 Å². The lowest BCUT2D eigenvalue weighted by molar-refractivity contribution is 0.346. The number of rotatable bonds is 7. The molecule has 0 aliphatic carbocycles. The Balaban J connectivity index is 2.25. The van der Waals surface area contributed by atoms with Crippen LogP contribution in [0, 0.1) is 0 Å². The quantitative estimate of drug-likeness (QED) is 0.844. The first-order valence-electron chi connectivity index (χ1n) is 6.97. The highest BCUT2D eigenvalue weighted by molar-refractivity contribution is 5.53. The Kier molecular flexibility index (Phi) is 5.46. The number of ether oxygens (including phenoxy) is 3. The van der Waals surface area contributed by atoms with Crippen LogP contribution in [0.25, 0.3) is 0 Å². The van der Waals surface area contributed by atoms with E-state index in [1.54, 1.807) is 14.2 Å². The summed E-state index contributed by atoms with van der Waals surface area (Å²) in [4.78, 5) is 0. The summed E-state index contributed by atoms with van der Waals surface area (Å²) in [6.45, 7) is 3.84. The fraction of sp³-hybridized carbons (Fsp3) is 0.294. The fourth-order valence-electron chi connectivity index (χ4n) is 2.02. The molecule has 0 saturated heterocycles. The standard InChI is InChI=1S/C17H21NO3/c1-4-18-12-13-7-5-8-14(11-13)21-17-15(19-2)9-6-10-16(17)20-3/h5-11,18H,4,12H2,1-3H3. The Morgan fingerprint density at radius 2 is 1.62 bits per heavy atom. The SMILES string of the molecule is CCNCc1cccc(Oc2c(OC)cccc2OC)c1. The molecule has 0 atom stereocenters. The molecule has 0 aromatic heterocycles. The molecule has 0 amide bonds. The Labute approximate surface area is 125 Å². The molecule has 112 valence electrons. The molecule has 4 nitrogen and oxygen atoms in total. The van der Waals surface area contributed by atoms with Crippen molar-refractivity contribution in [2.75, 3.05) is 20.8 Å². The molecule has 2 aromatic rings. The molecule has 2 rings (SSSR count). The second-order valence-electron chi connectivity index (χ2n) is 4.52. The molecule has 0 radical (unpaired) electrons. The van der Waals surface area contributed by atoms with Crippen LogP contribution in [0.4, 0.5) is 0 Å². The van der Waals surface area contributed by atoms with Crippen LogP contribution in [-0.2, 0) is 6.54 Å². The molecule has 0 bridgehead atoms. The molecule has 21 heavy (non-hydrogen) atoms. The van der Waals surface area contributed by atoms with Gasteiger partial charge in [0.2, 0.25) is 5.75 Å². The van der Waals surface area contributed by atoms with Crippen LogP contribution < -0.4 is 19.5 Å². The van der Waals surface area contributed by atoms with Gasteiger partial charge in [-0.1, -0.05) is 25.1 Å². The minimum Gasteiger partial charge on any atom is -0.493 e. The van der Waals surface area contributed by atoms with Gasteiger partial charge in [0, 0.05) is 6.54 Å². The third kappa shape index (κ3) is 3.89. The molecule has 0 aliphatic rings. The van der Waals surface area contributed by atoms with Gasteiger partial charge in [-0.2, -0.15) is 0 Å². The van der Waals surface area contributed by atoms with Crippen molar-refractivity contribution in [1.82, 2.24) is 5.32 Å². The summed E-state index contributed by atoms with van der Waals surface area (Å²) in [7, 11) is 3.23. The van der Waals surface area contributed by atoms with E-state index in [0.717, 1.165) is 18.8 Å². The van der Waals surface area contributed by atoms with Crippen LogP contribution in [-0.4, -0.2) is 20.8 Å². The number of hydrogen-bond donors (Lipinski definition) is 1. The summed E-state index contributed by atoms with van der Waals surface area (Å²) >= 11 is 0. The smallest absolute Gasteiger partial charge is 0.210 e. The molecule has 0 saturated carbocycles. The average molecular weight is 287 g/mol. The van der Waals surface area contributed by atoms with Gasteiger partial charge in [0.15, 0.2) is 11.5 Å². The van der Waals surface area contributed by atoms with E-state index in [1.165, 1.54) is 5.56 Å². The van der Waals surface area contributed by atoms with Crippen molar-refractivity contribution in [3.05, 3.63) is 48.0 Å². The van der Waals surface area contributed by atoms with Gasteiger partial charge in [-0.05, 0) is 36.4 Å². The van der Waals surface area contributed by atoms with Crippen molar-refractivity contribution in [3.8, 4) is 23.0 Å². The van der Waals surface area contributed by atoms with Crippen LogP contribution >= 0.6 is 0 Å².